The minimum absolute atomic E-state index is 0.174. The number of hydrogen-bond donors (Lipinski definition) is 2. The van der Waals surface area contributed by atoms with Crippen LogP contribution in [0.3, 0.4) is 0 Å². The summed E-state index contributed by atoms with van der Waals surface area (Å²) in [7, 11) is 0. The normalized spacial score (nSPS) is 21.3. The van der Waals surface area contributed by atoms with Crippen LogP contribution in [-0.4, -0.2) is 41.6 Å². The zero-order chi connectivity index (χ0) is 15.5. The molecule has 1 unspecified atom stereocenters. The Hall–Kier alpha value is -2.04. The van der Waals surface area contributed by atoms with Crippen LogP contribution >= 0.6 is 0 Å². The second-order valence-electron chi connectivity index (χ2n) is 6.00. The third-order valence-corrected chi connectivity index (χ3v) is 4.09. The Labute approximate surface area is 125 Å². The molecular formula is C16H22N2O3. The molecule has 1 aromatic carbocycles. The van der Waals surface area contributed by atoms with Crippen LogP contribution in [0.2, 0.25) is 0 Å². The Bertz CT molecular complexity index is 527. The number of carboxylic acid groups (broad SMARTS) is 1. The van der Waals surface area contributed by atoms with E-state index in [0.29, 0.717) is 19.5 Å². The van der Waals surface area contributed by atoms with Crippen LogP contribution in [0, 0.1) is 12.3 Å². The van der Waals surface area contributed by atoms with E-state index in [9.17, 15) is 9.59 Å². The van der Waals surface area contributed by atoms with E-state index in [1.165, 1.54) is 11.1 Å². The van der Waals surface area contributed by atoms with Gasteiger partial charge in [-0.15, -0.1) is 0 Å². The lowest BCUT2D eigenvalue weighted by Crippen LogP contribution is -2.41. The molecule has 5 nitrogen and oxygen atoms in total. The molecule has 0 bridgehead atoms. The molecule has 1 aromatic rings. The van der Waals surface area contributed by atoms with Crippen molar-refractivity contribution >= 4 is 12.0 Å². The summed E-state index contributed by atoms with van der Waals surface area (Å²) in [5, 5.41) is 12.0. The molecule has 1 heterocycles. The first-order chi connectivity index (χ1) is 9.90. The van der Waals surface area contributed by atoms with Crippen molar-refractivity contribution in [2.24, 2.45) is 5.41 Å². The highest BCUT2D eigenvalue weighted by Gasteiger charge is 2.42. The van der Waals surface area contributed by atoms with Gasteiger partial charge in [0.25, 0.3) is 0 Å². The molecule has 1 aliphatic rings. The van der Waals surface area contributed by atoms with Gasteiger partial charge in [-0.2, -0.15) is 0 Å². The molecule has 1 aliphatic heterocycles. The average molecular weight is 290 g/mol. The molecule has 0 saturated carbocycles. The van der Waals surface area contributed by atoms with E-state index >= 15 is 0 Å². The Morgan fingerprint density at radius 1 is 1.33 bits per heavy atom. The van der Waals surface area contributed by atoms with Gasteiger partial charge in [-0.3, -0.25) is 4.79 Å². The Balaban J connectivity index is 1.78. The lowest BCUT2D eigenvalue weighted by atomic mass is 9.90. The number of nitrogens with zero attached hydrogens (tertiary/aromatic N) is 1. The van der Waals surface area contributed by atoms with Crippen molar-refractivity contribution in [2.75, 3.05) is 19.6 Å². The van der Waals surface area contributed by atoms with Crippen LogP contribution in [0.15, 0.2) is 24.3 Å². The van der Waals surface area contributed by atoms with E-state index < -0.39 is 11.4 Å². The van der Waals surface area contributed by atoms with Crippen molar-refractivity contribution in [1.82, 2.24) is 10.2 Å². The monoisotopic (exact) mass is 290 g/mol. The molecule has 1 atom stereocenters. The van der Waals surface area contributed by atoms with Crippen LogP contribution in [-0.2, 0) is 11.2 Å². The number of aliphatic carboxylic acids is 1. The zero-order valence-electron chi connectivity index (χ0n) is 12.6. The zero-order valence-corrected chi connectivity index (χ0v) is 12.6. The molecule has 5 heteroatoms. The van der Waals surface area contributed by atoms with Gasteiger partial charge in [0.1, 0.15) is 0 Å². The van der Waals surface area contributed by atoms with Gasteiger partial charge in [-0.05, 0) is 32.3 Å². The maximum atomic E-state index is 12.0. The van der Waals surface area contributed by atoms with Gasteiger partial charge in [-0.1, -0.05) is 29.8 Å². The van der Waals surface area contributed by atoms with Gasteiger partial charge < -0.3 is 15.3 Å². The highest BCUT2D eigenvalue weighted by Crippen LogP contribution is 2.29. The van der Waals surface area contributed by atoms with Gasteiger partial charge in [-0.25, -0.2) is 4.79 Å². The Morgan fingerprint density at radius 3 is 2.57 bits per heavy atom. The molecule has 114 valence electrons. The maximum absolute atomic E-state index is 12.0. The molecule has 0 aliphatic carbocycles. The van der Waals surface area contributed by atoms with Crippen molar-refractivity contribution in [3.63, 3.8) is 0 Å². The third kappa shape index (κ3) is 3.74. The van der Waals surface area contributed by atoms with Gasteiger partial charge in [0, 0.05) is 19.6 Å². The Morgan fingerprint density at radius 2 is 2.00 bits per heavy atom. The van der Waals surface area contributed by atoms with Crippen LogP contribution in [0.5, 0.6) is 0 Å². The number of carbonyl (C=O) groups is 2. The van der Waals surface area contributed by atoms with Gasteiger partial charge in [0.2, 0.25) is 0 Å². The minimum Gasteiger partial charge on any atom is -0.481 e. The van der Waals surface area contributed by atoms with Gasteiger partial charge in [0.05, 0.1) is 5.41 Å². The highest BCUT2D eigenvalue weighted by atomic mass is 16.4. The number of nitrogens with one attached hydrogen (secondary N) is 1. The van der Waals surface area contributed by atoms with Crippen LogP contribution in [0.4, 0.5) is 4.79 Å². The highest BCUT2D eigenvalue weighted by molar-refractivity contribution is 5.79. The smallest absolute Gasteiger partial charge is 0.317 e. The molecule has 1 fully saturated rings. The maximum Gasteiger partial charge on any atom is 0.317 e. The largest absolute Gasteiger partial charge is 0.481 e. The van der Waals surface area contributed by atoms with E-state index in [2.05, 4.69) is 29.6 Å². The summed E-state index contributed by atoms with van der Waals surface area (Å²) in [5.74, 6) is -0.836. The quantitative estimate of drug-likeness (QED) is 0.891. The number of hydrogen-bond acceptors (Lipinski definition) is 2. The predicted molar refractivity (Wildman–Crippen MR) is 80.2 cm³/mol. The Kier molecular flexibility index (Phi) is 4.50. The molecular weight excluding hydrogens is 268 g/mol. The summed E-state index contributed by atoms with van der Waals surface area (Å²) < 4.78 is 0. The number of urea groups is 1. The fourth-order valence-electron chi connectivity index (χ4n) is 2.49. The summed E-state index contributed by atoms with van der Waals surface area (Å²) in [6.45, 7) is 5.06. The number of likely N-dealkylation sites (tertiary alicyclic amines) is 1. The number of amides is 2. The average Bonchev–Trinajstić information content (AvgIpc) is 2.85. The molecule has 1 saturated heterocycles. The van der Waals surface area contributed by atoms with Gasteiger partial charge >= 0.3 is 12.0 Å². The molecule has 2 N–H and O–H groups in total. The number of benzene rings is 1. The van der Waals surface area contributed by atoms with Crippen molar-refractivity contribution in [1.29, 1.82) is 0 Å². The lowest BCUT2D eigenvalue weighted by molar-refractivity contribution is -0.146. The molecule has 2 rings (SSSR count). The van der Waals surface area contributed by atoms with Crippen LogP contribution < -0.4 is 5.32 Å². The predicted octanol–water partition coefficient (Wildman–Crippen LogP) is 2.04. The lowest BCUT2D eigenvalue weighted by Gasteiger charge is -2.20. The molecule has 0 radical (unpaired) electrons. The van der Waals surface area contributed by atoms with E-state index in [-0.39, 0.29) is 12.6 Å². The van der Waals surface area contributed by atoms with E-state index in [1.807, 2.05) is 6.92 Å². The fourth-order valence-corrected chi connectivity index (χ4v) is 2.49. The molecule has 0 aromatic heterocycles. The first-order valence-corrected chi connectivity index (χ1v) is 7.22. The summed E-state index contributed by atoms with van der Waals surface area (Å²) in [6.07, 6.45) is 1.28. The van der Waals surface area contributed by atoms with Crippen molar-refractivity contribution in [3.8, 4) is 0 Å². The molecule has 0 spiro atoms. The van der Waals surface area contributed by atoms with E-state index in [4.69, 9.17) is 5.11 Å². The number of carbonyl (C=O) groups excluding carboxylic acids is 1. The topological polar surface area (TPSA) is 69.6 Å². The molecule has 21 heavy (non-hydrogen) atoms. The third-order valence-electron chi connectivity index (χ3n) is 4.09. The van der Waals surface area contributed by atoms with Crippen molar-refractivity contribution in [3.05, 3.63) is 35.4 Å². The number of carboxylic acids is 1. The SMILES string of the molecule is Cc1ccc(CCNC(=O)N2CCC(C)(C(=O)O)C2)cc1. The standard InChI is InChI=1S/C16H22N2O3/c1-12-3-5-13(6-4-12)7-9-17-15(21)18-10-8-16(2,11-18)14(19)20/h3-6H,7-11H2,1-2H3,(H,17,21)(H,19,20). The summed E-state index contributed by atoms with van der Waals surface area (Å²) in [5.41, 5.74) is 1.58. The summed E-state index contributed by atoms with van der Waals surface area (Å²) >= 11 is 0. The second-order valence-corrected chi connectivity index (χ2v) is 6.00. The van der Waals surface area contributed by atoms with Crippen molar-refractivity contribution in [2.45, 2.75) is 26.7 Å². The second kappa shape index (κ2) is 6.16. The minimum atomic E-state index is -0.836. The summed E-state index contributed by atoms with van der Waals surface area (Å²) in [6, 6.07) is 8.04. The van der Waals surface area contributed by atoms with E-state index in [1.54, 1.807) is 11.8 Å². The van der Waals surface area contributed by atoms with E-state index in [0.717, 1.165) is 6.42 Å². The van der Waals surface area contributed by atoms with Crippen molar-refractivity contribution < 1.29 is 14.7 Å². The van der Waals surface area contributed by atoms with Gasteiger partial charge in [0.15, 0.2) is 0 Å². The fraction of sp³-hybridized carbons (Fsp3) is 0.500. The first-order valence-electron chi connectivity index (χ1n) is 7.22. The number of rotatable bonds is 4. The van der Waals surface area contributed by atoms with Crippen LogP contribution in [0.1, 0.15) is 24.5 Å². The summed E-state index contributed by atoms with van der Waals surface area (Å²) in [4.78, 5) is 24.8. The molecule has 2 amide bonds. The number of aryl methyl sites for hydroxylation is 1. The van der Waals surface area contributed by atoms with Crippen LogP contribution in [0.25, 0.3) is 0 Å². The first kappa shape index (κ1) is 15.4.